The van der Waals surface area contributed by atoms with Gasteiger partial charge in [0.2, 0.25) is 0 Å². The molecule has 1 unspecified atom stereocenters. The van der Waals surface area contributed by atoms with Crippen molar-refractivity contribution in [3.63, 3.8) is 0 Å². The number of amides is 2. The van der Waals surface area contributed by atoms with Gasteiger partial charge in [-0.05, 0) is 60.1 Å². The first kappa shape index (κ1) is 18.3. The highest BCUT2D eigenvalue weighted by Crippen LogP contribution is 2.28. The molecule has 0 bridgehead atoms. The van der Waals surface area contributed by atoms with Crippen LogP contribution in [-0.2, 0) is 4.79 Å². The lowest BCUT2D eigenvalue weighted by Crippen LogP contribution is -2.47. The van der Waals surface area contributed by atoms with Crippen LogP contribution in [0.4, 0.5) is 0 Å². The number of benzene rings is 2. The molecule has 0 saturated carbocycles. The molecule has 0 radical (unpaired) electrons. The molecule has 7 heteroatoms. The molecule has 0 aliphatic carbocycles. The first-order chi connectivity index (χ1) is 11.4. The van der Waals surface area contributed by atoms with Gasteiger partial charge in [-0.25, -0.2) is 0 Å². The number of aryl methyl sites for hydroxylation is 1. The van der Waals surface area contributed by atoms with Crippen molar-refractivity contribution in [1.29, 1.82) is 0 Å². The number of carbonyl (C=O) groups is 2. The minimum Gasteiger partial charge on any atom is -0.480 e. The van der Waals surface area contributed by atoms with E-state index in [1.54, 1.807) is 43.3 Å². The van der Waals surface area contributed by atoms with Gasteiger partial charge < -0.3 is 4.74 Å². The number of ether oxygens (including phenoxy) is 1. The Bertz CT molecular complexity index is 767. The van der Waals surface area contributed by atoms with Crippen LogP contribution in [0.1, 0.15) is 22.8 Å². The lowest BCUT2D eigenvalue weighted by molar-refractivity contribution is -0.128. The van der Waals surface area contributed by atoms with Gasteiger partial charge in [-0.3, -0.25) is 20.4 Å². The summed E-state index contributed by atoms with van der Waals surface area (Å²) in [7, 11) is 0. The lowest BCUT2D eigenvalue weighted by Gasteiger charge is -2.16. The zero-order valence-electron chi connectivity index (χ0n) is 13.1. The van der Waals surface area contributed by atoms with Crippen LogP contribution in [0, 0.1) is 6.92 Å². The highest BCUT2D eigenvalue weighted by molar-refractivity contribution is 9.10. The molecule has 1 atom stereocenters. The molecule has 0 spiro atoms. The van der Waals surface area contributed by atoms with Crippen LogP contribution < -0.4 is 15.6 Å². The third kappa shape index (κ3) is 4.97. The van der Waals surface area contributed by atoms with Gasteiger partial charge in [0.25, 0.3) is 11.8 Å². The maximum absolute atomic E-state index is 12.0. The highest BCUT2D eigenvalue weighted by Gasteiger charge is 2.17. The standard InChI is InChI=1S/C17H16BrClN2O3/c1-10-4-3-5-12(8-10)17(23)21-20-16(22)11(2)24-15-7-6-13(19)9-14(15)18/h3-9,11H,1-2H3,(H,20,22)(H,21,23). The average Bonchev–Trinajstić information content (AvgIpc) is 2.54. The third-order valence-corrected chi connectivity index (χ3v) is 4.00. The van der Waals surface area contributed by atoms with E-state index in [1.165, 1.54) is 0 Å². The summed E-state index contributed by atoms with van der Waals surface area (Å²) >= 11 is 9.17. The Morgan fingerprint density at radius 3 is 2.58 bits per heavy atom. The fraction of sp³-hybridized carbons (Fsp3) is 0.176. The van der Waals surface area contributed by atoms with E-state index in [9.17, 15) is 9.59 Å². The van der Waals surface area contributed by atoms with Crippen molar-refractivity contribution in [3.05, 3.63) is 63.1 Å². The van der Waals surface area contributed by atoms with Crippen LogP contribution in [0.2, 0.25) is 5.02 Å². The van der Waals surface area contributed by atoms with E-state index in [1.807, 2.05) is 13.0 Å². The van der Waals surface area contributed by atoms with Gasteiger partial charge in [0, 0.05) is 10.6 Å². The SMILES string of the molecule is Cc1cccc(C(=O)NNC(=O)C(C)Oc2ccc(Cl)cc2Br)c1. The van der Waals surface area contributed by atoms with Crippen LogP contribution in [0.3, 0.4) is 0 Å². The van der Waals surface area contributed by atoms with E-state index in [4.69, 9.17) is 16.3 Å². The number of hydrogen-bond acceptors (Lipinski definition) is 3. The zero-order valence-corrected chi connectivity index (χ0v) is 15.4. The first-order valence-electron chi connectivity index (χ1n) is 7.15. The van der Waals surface area contributed by atoms with E-state index < -0.39 is 17.9 Å². The second kappa shape index (κ2) is 8.17. The van der Waals surface area contributed by atoms with Crippen LogP contribution in [0.15, 0.2) is 46.9 Å². The van der Waals surface area contributed by atoms with Gasteiger partial charge >= 0.3 is 0 Å². The molecule has 0 heterocycles. The monoisotopic (exact) mass is 410 g/mol. The second-order valence-corrected chi connectivity index (χ2v) is 6.44. The zero-order chi connectivity index (χ0) is 17.7. The summed E-state index contributed by atoms with van der Waals surface area (Å²) in [5.74, 6) is -0.392. The van der Waals surface area contributed by atoms with E-state index in [0.29, 0.717) is 20.8 Å². The molecule has 2 rings (SSSR count). The van der Waals surface area contributed by atoms with Gasteiger partial charge in [-0.15, -0.1) is 0 Å². The van der Waals surface area contributed by atoms with Gasteiger partial charge in [0.1, 0.15) is 5.75 Å². The number of hydrazine groups is 1. The Hall–Kier alpha value is -2.05. The summed E-state index contributed by atoms with van der Waals surface area (Å²) in [5.41, 5.74) is 6.13. The predicted octanol–water partition coefficient (Wildman–Crippen LogP) is 3.64. The predicted molar refractivity (Wildman–Crippen MR) is 96.0 cm³/mol. The molecule has 0 fully saturated rings. The highest BCUT2D eigenvalue weighted by atomic mass is 79.9. The minimum absolute atomic E-state index is 0.396. The Kier molecular flexibility index (Phi) is 6.23. The smallest absolute Gasteiger partial charge is 0.279 e. The van der Waals surface area contributed by atoms with Gasteiger partial charge in [0.05, 0.1) is 4.47 Å². The van der Waals surface area contributed by atoms with Crippen molar-refractivity contribution in [2.24, 2.45) is 0 Å². The van der Waals surface area contributed by atoms with Gasteiger partial charge in [0.15, 0.2) is 6.10 Å². The van der Waals surface area contributed by atoms with E-state index >= 15 is 0 Å². The third-order valence-electron chi connectivity index (χ3n) is 3.15. The molecular formula is C17H16BrClN2O3. The Balaban J connectivity index is 1.90. The summed E-state index contributed by atoms with van der Waals surface area (Å²) < 4.78 is 6.19. The van der Waals surface area contributed by atoms with Gasteiger partial charge in [-0.2, -0.15) is 0 Å². The van der Waals surface area contributed by atoms with Crippen molar-refractivity contribution in [1.82, 2.24) is 10.9 Å². The number of rotatable bonds is 4. The fourth-order valence-corrected chi connectivity index (χ4v) is 2.67. The second-order valence-electron chi connectivity index (χ2n) is 5.15. The first-order valence-corrected chi connectivity index (χ1v) is 8.32. The number of hydrogen-bond donors (Lipinski definition) is 2. The molecule has 2 aromatic carbocycles. The summed E-state index contributed by atoms with van der Waals surface area (Å²) in [6.07, 6.45) is -0.805. The van der Waals surface area contributed by atoms with Crippen LogP contribution >= 0.6 is 27.5 Å². The Labute approximate surface area is 153 Å². The molecule has 5 nitrogen and oxygen atoms in total. The number of carbonyl (C=O) groups excluding carboxylic acids is 2. The molecule has 0 aromatic heterocycles. The largest absolute Gasteiger partial charge is 0.480 e. The topological polar surface area (TPSA) is 67.4 Å². The van der Waals surface area contributed by atoms with E-state index in [2.05, 4.69) is 26.8 Å². The van der Waals surface area contributed by atoms with Crippen molar-refractivity contribution in [2.75, 3.05) is 0 Å². The normalized spacial score (nSPS) is 11.5. The van der Waals surface area contributed by atoms with Crippen LogP contribution in [-0.4, -0.2) is 17.9 Å². The average molecular weight is 412 g/mol. The summed E-state index contributed by atoms with van der Waals surface area (Å²) in [5, 5.41) is 0.553. The van der Waals surface area contributed by atoms with Crippen molar-refractivity contribution in [2.45, 2.75) is 20.0 Å². The summed E-state index contributed by atoms with van der Waals surface area (Å²) in [6, 6.07) is 12.0. The molecule has 2 amide bonds. The van der Waals surface area contributed by atoms with Gasteiger partial charge in [-0.1, -0.05) is 29.3 Å². The van der Waals surface area contributed by atoms with E-state index in [0.717, 1.165) is 5.56 Å². The molecule has 0 aliphatic rings. The van der Waals surface area contributed by atoms with Crippen molar-refractivity contribution < 1.29 is 14.3 Å². The minimum atomic E-state index is -0.805. The molecule has 24 heavy (non-hydrogen) atoms. The Morgan fingerprint density at radius 1 is 1.17 bits per heavy atom. The molecular weight excluding hydrogens is 396 g/mol. The molecule has 126 valence electrons. The quantitative estimate of drug-likeness (QED) is 0.755. The van der Waals surface area contributed by atoms with Crippen LogP contribution in [0.25, 0.3) is 0 Å². The maximum atomic E-state index is 12.0. The van der Waals surface area contributed by atoms with Crippen LogP contribution in [0.5, 0.6) is 5.75 Å². The summed E-state index contributed by atoms with van der Waals surface area (Å²) in [6.45, 7) is 3.46. The van der Waals surface area contributed by atoms with Crippen molar-refractivity contribution >= 4 is 39.3 Å². The molecule has 2 aromatic rings. The lowest BCUT2D eigenvalue weighted by atomic mass is 10.1. The Morgan fingerprint density at radius 2 is 1.92 bits per heavy atom. The fourth-order valence-electron chi connectivity index (χ4n) is 1.89. The molecule has 0 saturated heterocycles. The van der Waals surface area contributed by atoms with Crippen molar-refractivity contribution in [3.8, 4) is 5.75 Å². The van der Waals surface area contributed by atoms with E-state index in [-0.39, 0.29) is 0 Å². The maximum Gasteiger partial charge on any atom is 0.279 e. The molecule has 2 N–H and O–H groups in total. The number of halogens is 2. The number of nitrogens with one attached hydrogen (secondary N) is 2. The summed E-state index contributed by atoms with van der Waals surface area (Å²) in [4.78, 5) is 24.0. The molecule has 0 aliphatic heterocycles.